The summed E-state index contributed by atoms with van der Waals surface area (Å²) in [6, 6.07) is 10.5. The second-order valence-electron chi connectivity index (χ2n) is 6.43. The number of carboxylic acid groups (broad SMARTS) is 1. The third-order valence-electron chi connectivity index (χ3n) is 4.27. The molecule has 1 aromatic carbocycles. The van der Waals surface area contributed by atoms with Gasteiger partial charge in [0.2, 0.25) is 0 Å². The van der Waals surface area contributed by atoms with E-state index in [4.69, 9.17) is 28.3 Å². The summed E-state index contributed by atoms with van der Waals surface area (Å²) in [6.45, 7) is 2.13. The van der Waals surface area contributed by atoms with Crippen LogP contribution < -0.4 is 10.2 Å². The van der Waals surface area contributed by atoms with Crippen molar-refractivity contribution in [1.82, 2.24) is 9.97 Å². The highest BCUT2D eigenvalue weighted by atomic mass is 35.5. The van der Waals surface area contributed by atoms with E-state index < -0.39 is 5.97 Å². The van der Waals surface area contributed by atoms with Crippen molar-refractivity contribution in [2.75, 3.05) is 16.8 Å². The minimum absolute atomic E-state index is 0.0390. The van der Waals surface area contributed by atoms with Crippen LogP contribution in [0.15, 0.2) is 55.0 Å². The molecule has 2 heterocycles. The summed E-state index contributed by atoms with van der Waals surface area (Å²) in [5.74, 6) is -1.28. The summed E-state index contributed by atoms with van der Waals surface area (Å²) in [6.07, 6.45) is 4.41. The highest BCUT2D eigenvalue weighted by Crippen LogP contribution is 2.30. The topological polar surface area (TPSA) is 95.4 Å². The number of aromatic nitrogens is 2. The predicted octanol–water partition coefficient (Wildman–Crippen LogP) is 4.96. The van der Waals surface area contributed by atoms with Crippen LogP contribution >= 0.6 is 23.2 Å². The summed E-state index contributed by atoms with van der Waals surface area (Å²) in [4.78, 5) is 33.6. The number of carbonyl (C=O) groups is 2. The quantitative estimate of drug-likeness (QED) is 0.534. The van der Waals surface area contributed by atoms with Gasteiger partial charge in [-0.1, -0.05) is 23.2 Å². The lowest BCUT2D eigenvalue weighted by molar-refractivity contribution is -0.136. The third kappa shape index (κ3) is 5.25. The average Bonchev–Trinajstić information content (AvgIpc) is 2.71. The molecule has 0 saturated heterocycles. The van der Waals surface area contributed by atoms with Crippen LogP contribution in [0.4, 0.5) is 17.1 Å². The molecule has 0 radical (unpaired) electrons. The molecule has 0 aliphatic carbocycles. The number of benzene rings is 1. The van der Waals surface area contributed by atoms with Gasteiger partial charge in [-0.05, 0) is 43.3 Å². The van der Waals surface area contributed by atoms with Crippen LogP contribution in [-0.2, 0) is 4.79 Å². The van der Waals surface area contributed by atoms with E-state index in [1.165, 1.54) is 12.4 Å². The van der Waals surface area contributed by atoms with Crippen molar-refractivity contribution in [1.29, 1.82) is 0 Å². The van der Waals surface area contributed by atoms with Crippen LogP contribution in [0.3, 0.4) is 0 Å². The largest absolute Gasteiger partial charge is 0.481 e. The molecule has 3 aromatic rings. The molecule has 2 aromatic heterocycles. The third-order valence-corrected chi connectivity index (χ3v) is 4.85. The summed E-state index contributed by atoms with van der Waals surface area (Å²) in [7, 11) is 0. The van der Waals surface area contributed by atoms with Crippen LogP contribution in [0.2, 0.25) is 10.0 Å². The van der Waals surface area contributed by atoms with Crippen molar-refractivity contribution in [3.05, 3.63) is 76.3 Å². The molecule has 0 fully saturated rings. The van der Waals surface area contributed by atoms with Crippen LogP contribution in [0, 0.1) is 6.92 Å². The predicted molar refractivity (Wildman–Crippen MR) is 117 cm³/mol. The molecule has 0 unspecified atom stereocenters. The fourth-order valence-corrected chi connectivity index (χ4v) is 3.28. The smallest absolute Gasteiger partial charge is 0.305 e. The van der Waals surface area contributed by atoms with Crippen LogP contribution in [0.25, 0.3) is 0 Å². The van der Waals surface area contributed by atoms with Gasteiger partial charge in [0, 0.05) is 47.8 Å². The monoisotopic (exact) mass is 444 g/mol. The zero-order valence-corrected chi connectivity index (χ0v) is 17.5. The first kappa shape index (κ1) is 21.5. The lowest BCUT2D eigenvalue weighted by Gasteiger charge is -2.25. The van der Waals surface area contributed by atoms with E-state index in [0.717, 1.165) is 17.1 Å². The van der Waals surface area contributed by atoms with Crippen molar-refractivity contribution < 1.29 is 14.7 Å². The Morgan fingerprint density at radius 3 is 2.33 bits per heavy atom. The van der Waals surface area contributed by atoms with E-state index in [9.17, 15) is 9.59 Å². The molecule has 0 atom stereocenters. The molecule has 154 valence electrons. The highest BCUT2D eigenvalue weighted by Gasteiger charge is 2.15. The van der Waals surface area contributed by atoms with Gasteiger partial charge in [-0.3, -0.25) is 19.6 Å². The number of hydrogen-bond donors (Lipinski definition) is 2. The Bertz CT molecular complexity index is 1050. The summed E-state index contributed by atoms with van der Waals surface area (Å²) in [5.41, 5.74) is 3.06. The molecular weight excluding hydrogens is 427 g/mol. The number of aliphatic carboxylic acids is 1. The molecule has 3 rings (SSSR count). The number of pyridine rings is 2. The van der Waals surface area contributed by atoms with E-state index in [0.29, 0.717) is 5.56 Å². The second kappa shape index (κ2) is 9.56. The normalized spacial score (nSPS) is 10.5. The minimum Gasteiger partial charge on any atom is -0.481 e. The fraction of sp³-hybridized carbons (Fsp3) is 0.143. The molecule has 30 heavy (non-hydrogen) atoms. The molecule has 0 bridgehead atoms. The Labute approximate surface area is 183 Å². The Balaban J connectivity index is 1.84. The standard InChI is InChI=1S/C21H18Cl2N4O3/c1-13-10-16(6-8-25-13)27(9-7-19(28)29)15-4-2-14(3-5-15)21(30)26-20-17(22)11-24-12-18(20)23/h2-6,8,10-12H,7,9H2,1H3,(H,28,29)(H,24,26,30). The van der Waals surface area contributed by atoms with Crippen LogP contribution in [-0.4, -0.2) is 33.5 Å². The van der Waals surface area contributed by atoms with Gasteiger partial charge in [-0.15, -0.1) is 0 Å². The Kier molecular flexibility index (Phi) is 6.87. The number of carbonyl (C=O) groups excluding carboxylic acids is 1. The maximum Gasteiger partial charge on any atom is 0.305 e. The zero-order chi connectivity index (χ0) is 21.7. The molecular formula is C21H18Cl2N4O3. The molecule has 2 N–H and O–H groups in total. The Morgan fingerprint density at radius 2 is 1.73 bits per heavy atom. The van der Waals surface area contributed by atoms with Gasteiger partial charge < -0.3 is 15.3 Å². The van der Waals surface area contributed by atoms with Gasteiger partial charge in [0.05, 0.1) is 22.2 Å². The maximum atomic E-state index is 12.6. The number of nitrogens with zero attached hydrogens (tertiary/aromatic N) is 3. The summed E-state index contributed by atoms with van der Waals surface area (Å²) in [5, 5.41) is 12.2. The number of nitrogens with one attached hydrogen (secondary N) is 1. The maximum absolute atomic E-state index is 12.6. The first-order valence-electron chi connectivity index (χ1n) is 8.97. The van der Waals surface area contributed by atoms with Gasteiger partial charge in [0.1, 0.15) is 0 Å². The summed E-state index contributed by atoms with van der Waals surface area (Å²) >= 11 is 12.1. The number of halogens is 2. The molecule has 1 amide bonds. The number of carboxylic acids is 1. The fourth-order valence-electron chi connectivity index (χ4n) is 2.82. The molecule has 0 spiro atoms. The lowest BCUT2D eigenvalue weighted by Crippen LogP contribution is -2.21. The Morgan fingerprint density at radius 1 is 1.07 bits per heavy atom. The van der Waals surface area contributed by atoms with E-state index in [1.54, 1.807) is 30.5 Å². The van der Waals surface area contributed by atoms with Gasteiger partial charge in [-0.2, -0.15) is 0 Å². The van der Waals surface area contributed by atoms with Crippen molar-refractivity contribution >= 4 is 52.1 Å². The van der Waals surface area contributed by atoms with E-state index in [2.05, 4.69) is 15.3 Å². The van der Waals surface area contributed by atoms with Crippen molar-refractivity contribution in [2.24, 2.45) is 0 Å². The van der Waals surface area contributed by atoms with Gasteiger partial charge in [-0.25, -0.2) is 0 Å². The summed E-state index contributed by atoms with van der Waals surface area (Å²) < 4.78 is 0. The molecule has 0 saturated carbocycles. The number of anilines is 3. The minimum atomic E-state index is -0.895. The van der Waals surface area contributed by atoms with E-state index in [1.807, 2.05) is 24.0 Å². The highest BCUT2D eigenvalue weighted by molar-refractivity contribution is 6.39. The van der Waals surface area contributed by atoms with E-state index >= 15 is 0 Å². The van der Waals surface area contributed by atoms with Crippen LogP contribution in [0.5, 0.6) is 0 Å². The van der Waals surface area contributed by atoms with Gasteiger partial charge in [0.15, 0.2) is 0 Å². The molecule has 0 aliphatic rings. The van der Waals surface area contributed by atoms with E-state index in [-0.39, 0.29) is 34.6 Å². The number of rotatable bonds is 7. The zero-order valence-electron chi connectivity index (χ0n) is 16.0. The first-order valence-corrected chi connectivity index (χ1v) is 9.73. The SMILES string of the molecule is Cc1cc(N(CCC(=O)O)c2ccc(C(=O)Nc3c(Cl)cncc3Cl)cc2)ccn1. The lowest BCUT2D eigenvalue weighted by atomic mass is 10.1. The van der Waals surface area contributed by atoms with Crippen molar-refractivity contribution in [3.63, 3.8) is 0 Å². The average molecular weight is 445 g/mol. The second-order valence-corrected chi connectivity index (χ2v) is 7.24. The van der Waals surface area contributed by atoms with Crippen molar-refractivity contribution in [3.8, 4) is 0 Å². The number of hydrogen-bond acceptors (Lipinski definition) is 5. The number of aryl methyl sites for hydroxylation is 1. The van der Waals surface area contributed by atoms with Crippen LogP contribution in [0.1, 0.15) is 22.5 Å². The molecule has 0 aliphatic heterocycles. The molecule has 7 nitrogen and oxygen atoms in total. The van der Waals surface area contributed by atoms with Gasteiger partial charge in [0.25, 0.3) is 5.91 Å². The molecule has 9 heteroatoms. The number of amides is 1. The Hall–Kier alpha value is -3.16. The van der Waals surface area contributed by atoms with Gasteiger partial charge >= 0.3 is 5.97 Å². The van der Waals surface area contributed by atoms with Crippen molar-refractivity contribution in [2.45, 2.75) is 13.3 Å². The first-order chi connectivity index (χ1) is 14.3.